The van der Waals surface area contributed by atoms with Gasteiger partial charge in [-0.3, -0.25) is 4.79 Å². The van der Waals surface area contributed by atoms with E-state index in [9.17, 15) is 20.1 Å². The summed E-state index contributed by atoms with van der Waals surface area (Å²) in [6.45, 7) is 4.54. The summed E-state index contributed by atoms with van der Waals surface area (Å²) in [6.07, 6.45) is 9.45. The zero-order chi connectivity index (χ0) is 18.0. The third kappa shape index (κ3) is 2.36. The van der Waals surface area contributed by atoms with Crippen LogP contribution < -0.4 is 0 Å². The molecule has 4 aliphatic carbocycles. The molecule has 0 saturated heterocycles. The van der Waals surface area contributed by atoms with Crippen LogP contribution in [0, 0.1) is 28.6 Å². The summed E-state index contributed by atoms with van der Waals surface area (Å²) < 4.78 is 0. The van der Waals surface area contributed by atoms with Gasteiger partial charge in [0.05, 0.1) is 18.1 Å². The molecule has 0 aliphatic heterocycles. The van der Waals surface area contributed by atoms with E-state index in [-0.39, 0.29) is 23.4 Å². The van der Waals surface area contributed by atoms with Crippen molar-refractivity contribution in [2.75, 3.05) is 0 Å². The number of fused-ring (bicyclic) bond motifs is 5. The van der Waals surface area contributed by atoms with Crippen LogP contribution in [0.5, 0.6) is 0 Å². The predicted molar refractivity (Wildman–Crippen MR) is 94.9 cm³/mol. The Kier molecular flexibility index (Phi) is 3.90. The summed E-state index contributed by atoms with van der Waals surface area (Å²) >= 11 is 0. The molecule has 0 unspecified atom stereocenters. The van der Waals surface area contributed by atoms with E-state index in [4.69, 9.17) is 0 Å². The highest BCUT2D eigenvalue weighted by Crippen LogP contribution is 2.67. The molecular weight excluding hydrogens is 316 g/mol. The zero-order valence-electron chi connectivity index (χ0n) is 15.5. The average Bonchev–Trinajstić information content (AvgIpc) is 2.79. The van der Waals surface area contributed by atoms with Gasteiger partial charge >= 0.3 is 5.97 Å². The molecule has 0 bridgehead atoms. The van der Waals surface area contributed by atoms with Crippen LogP contribution >= 0.6 is 0 Å². The molecule has 3 fully saturated rings. The lowest BCUT2D eigenvalue weighted by Gasteiger charge is -2.59. The minimum atomic E-state index is -1.05. The lowest BCUT2D eigenvalue weighted by molar-refractivity contribution is -0.157. The van der Waals surface area contributed by atoms with Crippen molar-refractivity contribution >= 4 is 5.97 Å². The number of carboxylic acid groups (broad SMARTS) is 1. The third-order valence-electron chi connectivity index (χ3n) is 8.84. The molecule has 0 heterocycles. The molecule has 3 saturated carbocycles. The maximum Gasteiger partial charge on any atom is 0.306 e. The lowest BCUT2D eigenvalue weighted by atomic mass is 9.47. The molecule has 0 aromatic heterocycles. The summed E-state index contributed by atoms with van der Waals surface area (Å²) in [6, 6.07) is 0. The van der Waals surface area contributed by atoms with Gasteiger partial charge in [0.1, 0.15) is 0 Å². The Morgan fingerprint density at radius 2 is 1.88 bits per heavy atom. The largest absolute Gasteiger partial charge is 0.481 e. The Labute approximate surface area is 150 Å². The van der Waals surface area contributed by atoms with Crippen LogP contribution in [0.1, 0.15) is 71.6 Å². The number of aliphatic hydroxyl groups excluding tert-OH is 1. The fourth-order valence-corrected chi connectivity index (χ4v) is 7.29. The molecule has 4 nitrogen and oxygen atoms in total. The van der Waals surface area contributed by atoms with Crippen LogP contribution in [-0.2, 0) is 4.79 Å². The first-order valence-electron chi connectivity index (χ1n) is 10.0. The molecule has 4 rings (SSSR count). The quantitative estimate of drug-likeness (QED) is 0.667. The maximum absolute atomic E-state index is 11.3. The van der Waals surface area contributed by atoms with E-state index in [2.05, 4.69) is 19.9 Å². The molecule has 4 heteroatoms. The van der Waals surface area contributed by atoms with Crippen molar-refractivity contribution in [1.29, 1.82) is 0 Å². The van der Waals surface area contributed by atoms with Gasteiger partial charge in [-0.2, -0.15) is 0 Å². The summed E-state index contributed by atoms with van der Waals surface area (Å²) in [7, 11) is 0. The van der Waals surface area contributed by atoms with Crippen LogP contribution in [0.2, 0.25) is 0 Å². The highest BCUT2D eigenvalue weighted by molar-refractivity contribution is 5.68. The second-order valence-electron chi connectivity index (χ2n) is 9.75. The van der Waals surface area contributed by atoms with Gasteiger partial charge in [-0.1, -0.05) is 25.5 Å². The summed E-state index contributed by atoms with van der Waals surface area (Å²) in [5, 5.41) is 30.6. The van der Waals surface area contributed by atoms with E-state index >= 15 is 0 Å². The second-order valence-corrected chi connectivity index (χ2v) is 9.75. The number of carbonyl (C=O) groups is 1. The first-order valence-corrected chi connectivity index (χ1v) is 10.0. The zero-order valence-corrected chi connectivity index (χ0v) is 15.5. The smallest absolute Gasteiger partial charge is 0.306 e. The molecule has 0 aromatic rings. The lowest BCUT2D eigenvalue weighted by Crippen LogP contribution is -2.55. The van der Waals surface area contributed by atoms with Crippen molar-refractivity contribution in [3.8, 4) is 0 Å². The summed E-state index contributed by atoms with van der Waals surface area (Å²) in [5.41, 5.74) is 0.316. The number of aliphatic carboxylic acids is 1. The second kappa shape index (κ2) is 5.56. The van der Waals surface area contributed by atoms with Crippen molar-refractivity contribution in [3.05, 3.63) is 11.6 Å². The number of aliphatic hydroxyl groups is 2. The SMILES string of the molecule is C[C@]12CC[C@H](O)CC1=CC[C@H]1[C@H]2CC[C@]2(C)[C@@H]1CC[C@@]2(O)CC(=O)O. The number of rotatable bonds is 2. The molecule has 4 aliphatic rings. The van der Waals surface area contributed by atoms with Crippen molar-refractivity contribution in [3.63, 3.8) is 0 Å². The molecule has 3 N–H and O–H groups in total. The van der Waals surface area contributed by atoms with E-state index in [1.807, 2.05) is 0 Å². The van der Waals surface area contributed by atoms with Crippen molar-refractivity contribution in [2.24, 2.45) is 28.6 Å². The van der Waals surface area contributed by atoms with Gasteiger partial charge in [0.15, 0.2) is 0 Å². The fourth-order valence-electron chi connectivity index (χ4n) is 7.29. The minimum Gasteiger partial charge on any atom is -0.481 e. The fraction of sp³-hybridized carbons (Fsp3) is 0.857. The molecule has 0 spiro atoms. The van der Waals surface area contributed by atoms with Crippen molar-refractivity contribution in [1.82, 2.24) is 0 Å². The number of hydrogen-bond donors (Lipinski definition) is 3. The van der Waals surface area contributed by atoms with Crippen LogP contribution in [0.25, 0.3) is 0 Å². The molecule has 7 atom stereocenters. The normalized spacial score (nSPS) is 51.9. The summed E-state index contributed by atoms with van der Waals surface area (Å²) in [5.74, 6) is 0.693. The van der Waals surface area contributed by atoms with Gasteiger partial charge in [-0.05, 0) is 80.0 Å². The molecule has 140 valence electrons. The van der Waals surface area contributed by atoms with Crippen LogP contribution in [-0.4, -0.2) is 33.0 Å². The Bertz CT molecular complexity index is 613. The maximum atomic E-state index is 11.3. The van der Waals surface area contributed by atoms with Crippen LogP contribution in [0.15, 0.2) is 11.6 Å². The third-order valence-corrected chi connectivity index (χ3v) is 8.84. The topological polar surface area (TPSA) is 77.8 Å². The summed E-state index contributed by atoms with van der Waals surface area (Å²) in [4.78, 5) is 11.3. The molecular formula is C21H32O4. The minimum absolute atomic E-state index is 0.123. The van der Waals surface area contributed by atoms with Gasteiger partial charge in [0.25, 0.3) is 0 Å². The van der Waals surface area contributed by atoms with E-state index in [1.165, 1.54) is 5.57 Å². The highest BCUT2D eigenvalue weighted by atomic mass is 16.4. The average molecular weight is 348 g/mol. The first kappa shape index (κ1) is 17.5. The van der Waals surface area contributed by atoms with Gasteiger partial charge in [0, 0.05) is 0 Å². The monoisotopic (exact) mass is 348 g/mol. The van der Waals surface area contributed by atoms with E-state index in [1.54, 1.807) is 0 Å². The Hall–Kier alpha value is -0.870. The predicted octanol–water partition coefficient (Wildman–Crippen LogP) is 3.52. The Morgan fingerprint density at radius 1 is 1.16 bits per heavy atom. The first-order chi connectivity index (χ1) is 11.7. The number of carboxylic acids is 1. The van der Waals surface area contributed by atoms with Crippen LogP contribution in [0.4, 0.5) is 0 Å². The van der Waals surface area contributed by atoms with E-state index < -0.39 is 11.6 Å². The number of hydrogen-bond acceptors (Lipinski definition) is 3. The standard InChI is InChI=1S/C21H32O4/c1-19-8-5-14(22)11-13(19)3-4-15-16(19)6-9-20(2)17(15)7-10-21(20,25)12-18(23)24/h3,14-17,22,25H,4-12H2,1-2H3,(H,23,24)/t14-,15-,16+,17+,19-,20+,21+/m0/s1. The van der Waals surface area contributed by atoms with Crippen LogP contribution in [0.3, 0.4) is 0 Å². The highest BCUT2D eigenvalue weighted by Gasteiger charge is 2.63. The Balaban J connectivity index is 1.65. The molecule has 0 radical (unpaired) electrons. The van der Waals surface area contributed by atoms with Crippen molar-refractivity contribution < 1.29 is 20.1 Å². The Morgan fingerprint density at radius 3 is 2.60 bits per heavy atom. The van der Waals surface area contributed by atoms with E-state index in [0.717, 1.165) is 44.9 Å². The number of allylic oxidation sites excluding steroid dienone is 1. The van der Waals surface area contributed by atoms with E-state index in [0.29, 0.717) is 24.2 Å². The molecule has 0 aromatic carbocycles. The molecule has 0 amide bonds. The van der Waals surface area contributed by atoms with Gasteiger partial charge < -0.3 is 15.3 Å². The molecule has 25 heavy (non-hydrogen) atoms. The van der Waals surface area contributed by atoms with Gasteiger partial charge in [-0.25, -0.2) is 0 Å². The van der Waals surface area contributed by atoms with Crippen molar-refractivity contribution in [2.45, 2.75) is 83.3 Å². The van der Waals surface area contributed by atoms with Gasteiger partial charge in [-0.15, -0.1) is 0 Å². The van der Waals surface area contributed by atoms with Gasteiger partial charge in [0.2, 0.25) is 0 Å².